The number of ether oxygens (including phenoxy) is 3. The number of unbranched alkanes of at least 4 members (excludes halogenated alkanes) is 8. The molecule has 1 aliphatic carbocycles. The molecule has 0 radical (unpaired) electrons. The van der Waals surface area contributed by atoms with Crippen LogP contribution in [0.5, 0.6) is 0 Å². The van der Waals surface area contributed by atoms with Crippen molar-refractivity contribution in [2.75, 3.05) is 12.4 Å². The van der Waals surface area contributed by atoms with Gasteiger partial charge in [-0.05, 0) is 80.2 Å². The van der Waals surface area contributed by atoms with E-state index in [-0.39, 0.29) is 17.5 Å². The summed E-state index contributed by atoms with van der Waals surface area (Å²) in [4.78, 5) is 12.2. The van der Waals surface area contributed by atoms with Crippen LogP contribution in [-0.2, 0) is 30.6 Å². The molecule has 0 unspecified atom stereocenters. The third-order valence-electron chi connectivity index (χ3n) is 9.99. The van der Waals surface area contributed by atoms with E-state index in [1.807, 2.05) is 18.7 Å². The lowest BCUT2D eigenvalue weighted by molar-refractivity contribution is -0.568. The molecule has 8 atom stereocenters. The van der Waals surface area contributed by atoms with Gasteiger partial charge in [0, 0.05) is 18.9 Å². The minimum Gasteiger partial charge on any atom is -0.377 e. The van der Waals surface area contributed by atoms with E-state index >= 15 is 0 Å². The molecule has 0 aromatic heterocycles. The first-order valence-corrected chi connectivity index (χ1v) is 17.1. The van der Waals surface area contributed by atoms with E-state index < -0.39 is 11.4 Å². The number of rotatable bonds is 15. The van der Waals surface area contributed by atoms with E-state index in [1.54, 1.807) is 12.1 Å². The normalized spacial score (nSPS) is 36.8. The zero-order chi connectivity index (χ0) is 28.0. The number of benzene rings is 1. The molecule has 4 heterocycles. The Labute approximate surface area is 245 Å². The highest BCUT2D eigenvalue weighted by Crippen LogP contribution is 2.61. The second-order valence-electron chi connectivity index (χ2n) is 13.0. The van der Waals surface area contributed by atoms with Gasteiger partial charge < -0.3 is 14.2 Å². The van der Waals surface area contributed by atoms with Crippen molar-refractivity contribution in [3.8, 4) is 0 Å². The van der Waals surface area contributed by atoms with E-state index in [0.29, 0.717) is 30.3 Å². The van der Waals surface area contributed by atoms with Gasteiger partial charge in [-0.25, -0.2) is 14.2 Å². The summed E-state index contributed by atoms with van der Waals surface area (Å²) in [6.45, 7) is 8.10. The molecule has 5 fully saturated rings. The highest BCUT2D eigenvalue weighted by atomic mass is 32.2. The Morgan fingerprint density at radius 3 is 2.33 bits per heavy atom. The molecule has 1 saturated carbocycles. The van der Waals surface area contributed by atoms with E-state index in [2.05, 4.69) is 13.8 Å². The number of halogens is 1. The highest BCUT2D eigenvalue weighted by Gasteiger charge is 2.69. The molecule has 6 rings (SSSR count). The predicted octanol–water partition coefficient (Wildman–Crippen LogP) is 8.79. The van der Waals surface area contributed by atoms with Gasteiger partial charge in [0.2, 0.25) is 5.79 Å². The minimum absolute atomic E-state index is 0.168. The van der Waals surface area contributed by atoms with Crippen molar-refractivity contribution in [1.82, 2.24) is 0 Å². The average molecular weight is 579 g/mol. The summed E-state index contributed by atoms with van der Waals surface area (Å²) in [7, 11) is 0. The third-order valence-corrected chi connectivity index (χ3v) is 11.4. The van der Waals surface area contributed by atoms with Gasteiger partial charge in [-0.15, -0.1) is 11.8 Å². The molecule has 5 aliphatic rings. The second-order valence-corrected chi connectivity index (χ2v) is 14.2. The molecule has 4 aliphatic heterocycles. The molecule has 226 valence electrons. The summed E-state index contributed by atoms with van der Waals surface area (Å²) >= 11 is 1.99. The molecule has 0 N–H and O–H groups in total. The van der Waals surface area contributed by atoms with E-state index in [9.17, 15) is 4.39 Å². The van der Waals surface area contributed by atoms with Gasteiger partial charge in [0.15, 0.2) is 11.9 Å². The Hall–Kier alpha value is -0.700. The van der Waals surface area contributed by atoms with Gasteiger partial charge in [-0.2, -0.15) is 0 Å². The van der Waals surface area contributed by atoms with Crippen LogP contribution in [0.4, 0.5) is 4.39 Å². The average Bonchev–Trinajstić information content (AvgIpc) is 3.18. The van der Waals surface area contributed by atoms with Crippen molar-refractivity contribution in [3.63, 3.8) is 0 Å². The first-order valence-electron chi connectivity index (χ1n) is 16.1. The Bertz CT molecular complexity index is 917. The maximum absolute atomic E-state index is 12.9. The zero-order valence-corrected chi connectivity index (χ0v) is 25.7. The Balaban J connectivity index is 0.915. The first-order chi connectivity index (χ1) is 19.4. The SMILES string of the molecule is C[C@H]1[C@H](SCCCCCCCCCCCOCc2ccc(F)cc2)O[C@@H]2O[C@]3(C)CC[C@H]4[C@H](C)CC[C@@H]1[C@@]24OO3. The molecular formula is C33H51FO5S. The quantitative estimate of drug-likeness (QED) is 0.153. The maximum Gasteiger partial charge on any atom is 0.201 e. The van der Waals surface area contributed by atoms with Crippen molar-refractivity contribution in [2.24, 2.45) is 23.7 Å². The maximum atomic E-state index is 12.9. The number of hydrogen-bond acceptors (Lipinski definition) is 6. The largest absolute Gasteiger partial charge is 0.377 e. The Kier molecular flexibility index (Phi) is 10.9. The predicted molar refractivity (Wildman–Crippen MR) is 157 cm³/mol. The van der Waals surface area contributed by atoms with Crippen LogP contribution in [-0.4, -0.2) is 35.5 Å². The molecule has 1 spiro atoms. The zero-order valence-electron chi connectivity index (χ0n) is 24.9. The van der Waals surface area contributed by atoms with Gasteiger partial charge in [0.25, 0.3) is 0 Å². The Morgan fingerprint density at radius 2 is 1.57 bits per heavy atom. The van der Waals surface area contributed by atoms with Crippen molar-refractivity contribution in [1.29, 1.82) is 0 Å². The van der Waals surface area contributed by atoms with Crippen LogP contribution in [0.1, 0.15) is 110 Å². The number of hydrogen-bond donors (Lipinski definition) is 0. The smallest absolute Gasteiger partial charge is 0.201 e. The molecule has 7 heteroatoms. The van der Waals surface area contributed by atoms with E-state index in [0.717, 1.165) is 37.2 Å². The fraction of sp³-hybridized carbons (Fsp3) is 0.818. The molecule has 4 saturated heterocycles. The van der Waals surface area contributed by atoms with E-state index in [1.165, 1.54) is 76.3 Å². The fourth-order valence-corrected chi connectivity index (χ4v) is 8.85. The van der Waals surface area contributed by atoms with Crippen LogP contribution in [0.2, 0.25) is 0 Å². The minimum atomic E-state index is -0.688. The van der Waals surface area contributed by atoms with E-state index in [4.69, 9.17) is 24.0 Å². The van der Waals surface area contributed by atoms with Crippen molar-refractivity contribution in [2.45, 2.75) is 134 Å². The van der Waals surface area contributed by atoms with Crippen LogP contribution in [0, 0.1) is 29.5 Å². The van der Waals surface area contributed by atoms with Crippen molar-refractivity contribution < 1.29 is 28.4 Å². The highest BCUT2D eigenvalue weighted by molar-refractivity contribution is 7.99. The van der Waals surface area contributed by atoms with Crippen molar-refractivity contribution in [3.05, 3.63) is 35.6 Å². The topological polar surface area (TPSA) is 46.2 Å². The lowest BCUT2D eigenvalue weighted by Crippen LogP contribution is -2.70. The number of fused-ring (bicyclic) bond motifs is 2. The molecule has 40 heavy (non-hydrogen) atoms. The van der Waals surface area contributed by atoms with Crippen LogP contribution < -0.4 is 0 Å². The van der Waals surface area contributed by atoms with Gasteiger partial charge in [0.1, 0.15) is 11.3 Å². The summed E-state index contributed by atoms with van der Waals surface area (Å²) in [6, 6.07) is 6.56. The summed E-state index contributed by atoms with van der Waals surface area (Å²) in [5.74, 6) is 2.17. The lowest BCUT2D eigenvalue weighted by atomic mass is 9.58. The first kappa shape index (κ1) is 30.7. The summed E-state index contributed by atoms with van der Waals surface area (Å²) < 4.78 is 31.9. The molecular weight excluding hydrogens is 527 g/mol. The van der Waals surface area contributed by atoms with Crippen LogP contribution in [0.15, 0.2) is 24.3 Å². The Morgan fingerprint density at radius 1 is 0.875 bits per heavy atom. The molecule has 1 aromatic carbocycles. The van der Waals surface area contributed by atoms with Gasteiger partial charge in [-0.3, -0.25) is 0 Å². The molecule has 1 aromatic rings. The molecule has 0 amide bonds. The molecule has 2 bridgehead atoms. The summed E-state index contributed by atoms with van der Waals surface area (Å²) in [6.07, 6.45) is 15.5. The third kappa shape index (κ3) is 7.08. The number of thioether (sulfide) groups is 1. The van der Waals surface area contributed by atoms with Gasteiger partial charge in [0.05, 0.1) is 6.61 Å². The second kappa shape index (κ2) is 14.2. The monoisotopic (exact) mass is 578 g/mol. The summed E-state index contributed by atoms with van der Waals surface area (Å²) in [5, 5.41) is 0. The van der Waals surface area contributed by atoms with Crippen LogP contribution in [0.3, 0.4) is 0 Å². The summed E-state index contributed by atoms with van der Waals surface area (Å²) in [5.41, 5.74) is 0.757. The van der Waals surface area contributed by atoms with Crippen LogP contribution >= 0.6 is 11.8 Å². The van der Waals surface area contributed by atoms with Gasteiger partial charge >= 0.3 is 0 Å². The van der Waals surface area contributed by atoms with Gasteiger partial charge in [-0.1, -0.05) is 70.9 Å². The van der Waals surface area contributed by atoms with Crippen LogP contribution in [0.25, 0.3) is 0 Å². The molecule has 5 nitrogen and oxygen atoms in total. The van der Waals surface area contributed by atoms with Crippen molar-refractivity contribution >= 4 is 11.8 Å². The fourth-order valence-electron chi connectivity index (χ4n) is 7.58. The standard InChI is InChI=1S/C33H51FO5S/c1-24-13-18-29-25(2)30(36-31-33(29)28(24)19-20-32(3,37-31)38-39-33)40-22-12-10-8-6-4-5-7-9-11-21-35-23-26-14-16-27(34)17-15-26/h14-17,24-25,28-31H,4-13,18-23H2,1-3H3/t24-,25-,28+,29+,30+,31-,32+,33-/m1/s1. The lowest BCUT2D eigenvalue weighted by Gasteiger charge is -2.60.